The van der Waals surface area contributed by atoms with Gasteiger partial charge in [0.05, 0.1) is 21.6 Å². The number of hydrogen-bond donors (Lipinski definition) is 1. The summed E-state index contributed by atoms with van der Waals surface area (Å²) in [6, 6.07) is 3.65. The number of non-ortho nitro benzene ring substituents is 1. The number of Topliss-reactive ketones (excluding diaryl/α,β-unsaturated/α-hetero) is 1. The first-order valence-electron chi connectivity index (χ1n) is 8.79. The van der Waals surface area contributed by atoms with Crippen LogP contribution in [0.1, 0.15) is 32.1 Å². The number of carbonyl (C=O) groups excluding carboxylic acids is 3. The molecule has 1 N–H and O–H groups in total. The van der Waals surface area contributed by atoms with Gasteiger partial charge in [-0.2, -0.15) is 0 Å². The highest BCUT2D eigenvalue weighted by atomic mass is 35.5. The number of amides is 1. The number of hydrogen-bond acceptors (Lipinski definition) is 6. The van der Waals surface area contributed by atoms with Gasteiger partial charge in [0.15, 0.2) is 6.61 Å². The van der Waals surface area contributed by atoms with Gasteiger partial charge in [0.25, 0.3) is 11.6 Å². The molecule has 3 rings (SSSR count). The van der Waals surface area contributed by atoms with Crippen molar-refractivity contribution in [1.29, 1.82) is 0 Å². The van der Waals surface area contributed by atoms with E-state index in [9.17, 15) is 24.5 Å². The monoisotopic (exact) mass is 394 g/mol. The zero-order chi connectivity index (χ0) is 19.6. The van der Waals surface area contributed by atoms with Crippen molar-refractivity contribution >= 4 is 40.6 Å². The first kappa shape index (κ1) is 19.3. The van der Waals surface area contributed by atoms with Crippen LogP contribution in [0.4, 0.5) is 11.4 Å². The van der Waals surface area contributed by atoms with Gasteiger partial charge in [0, 0.05) is 24.0 Å². The lowest BCUT2D eigenvalue weighted by molar-refractivity contribution is -0.384. The van der Waals surface area contributed by atoms with Crippen LogP contribution in [0.3, 0.4) is 0 Å². The number of ether oxygens (including phenoxy) is 1. The van der Waals surface area contributed by atoms with Crippen LogP contribution in [0.15, 0.2) is 18.2 Å². The van der Waals surface area contributed by atoms with E-state index in [1.165, 1.54) is 12.1 Å². The highest BCUT2D eigenvalue weighted by Gasteiger charge is 2.41. The van der Waals surface area contributed by atoms with Gasteiger partial charge in [-0.1, -0.05) is 18.0 Å². The maximum Gasteiger partial charge on any atom is 0.309 e. The van der Waals surface area contributed by atoms with Gasteiger partial charge in [-0.05, 0) is 31.7 Å². The number of benzene rings is 1. The van der Waals surface area contributed by atoms with E-state index in [4.69, 9.17) is 16.3 Å². The summed E-state index contributed by atoms with van der Waals surface area (Å²) in [7, 11) is 0. The Morgan fingerprint density at radius 3 is 2.52 bits per heavy atom. The van der Waals surface area contributed by atoms with Crippen LogP contribution < -0.4 is 5.32 Å². The van der Waals surface area contributed by atoms with E-state index in [1.54, 1.807) is 0 Å². The summed E-state index contributed by atoms with van der Waals surface area (Å²) in [4.78, 5) is 46.4. The molecule has 9 heteroatoms. The maximum absolute atomic E-state index is 12.3. The topological polar surface area (TPSA) is 116 Å². The summed E-state index contributed by atoms with van der Waals surface area (Å²) in [5.74, 6) is -1.29. The number of nitrogens with one attached hydrogen (secondary N) is 1. The third-order valence-corrected chi connectivity index (χ3v) is 5.48. The van der Waals surface area contributed by atoms with Crippen molar-refractivity contribution in [2.75, 3.05) is 11.9 Å². The minimum Gasteiger partial charge on any atom is -0.455 e. The summed E-state index contributed by atoms with van der Waals surface area (Å²) in [6.07, 6.45) is 3.63. The van der Waals surface area contributed by atoms with Gasteiger partial charge >= 0.3 is 5.97 Å². The van der Waals surface area contributed by atoms with Crippen molar-refractivity contribution in [3.05, 3.63) is 33.3 Å². The molecule has 1 aromatic rings. The third kappa shape index (κ3) is 4.44. The Hall–Kier alpha value is -2.48. The molecule has 2 fully saturated rings. The molecule has 0 spiro atoms. The molecule has 0 heterocycles. The zero-order valence-electron chi connectivity index (χ0n) is 14.5. The van der Waals surface area contributed by atoms with E-state index in [2.05, 4.69) is 5.32 Å². The number of nitro benzene ring substituents is 1. The second-order valence-corrected chi connectivity index (χ2v) is 7.38. The van der Waals surface area contributed by atoms with Crippen molar-refractivity contribution in [3.8, 4) is 0 Å². The molecule has 8 nitrogen and oxygen atoms in total. The van der Waals surface area contributed by atoms with Gasteiger partial charge in [-0.25, -0.2) is 0 Å². The lowest BCUT2D eigenvalue weighted by Gasteiger charge is -2.36. The summed E-state index contributed by atoms with van der Waals surface area (Å²) in [5.41, 5.74) is 0.00271. The number of nitro groups is 1. The SMILES string of the molecule is O=C(COC(=O)C1C[C@H]2CCC[C@@H](C1)C2=O)Nc1ccc([N+](=O)[O-])cc1Cl. The molecular formula is C18H19ClN2O6. The van der Waals surface area contributed by atoms with Gasteiger partial charge < -0.3 is 10.1 Å². The minimum atomic E-state index is -0.594. The predicted octanol–water partition coefficient (Wildman–Crippen LogP) is 3.13. The number of rotatable bonds is 5. The van der Waals surface area contributed by atoms with Crippen LogP contribution in [0, 0.1) is 27.9 Å². The van der Waals surface area contributed by atoms with Crippen molar-refractivity contribution in [1.82, 2.24) is 0 Å². The molecule has 27 heavy (non-hydrogen) atoms. The van der Waals surface area contributed by atoms with Crippen molar-refractivity contribution in [2.24, 2.45) is 17.8 Å². The molecule has 1 unspecified atom stereocenters. The van der Waals surface area contributed by atoms with Crippen molar-refractivity contribution < 1.29 is 24.0 Å². The van der Waals surface area contributed by atoms with Crippen LogP contribution in [-0.2, 0) is 19.1 Å². The molecule has 144 valence electrons. The Balaban J connectivity index is 1.51. The zero-order valence-corrected chi connectivity index (χ0v) is 15.2. The lowest BCUT2D eigenvalue weighted by atomic mass is 9.67. The third-order valence-electron chi connectivity index (χ3n) is 5.16. The van der Waals surface area contributed by atoms with E-state index in [1.807, 2.05) is 0 Å². The van der Waals surface area contributed by atoms with E-state index in [-0.39, 0.29) is 39.9 Å². The number of esters is 1. The fourth-order valence-electron chi connectivity index (χ4n) is 3.83. The Morgan fingerprint density at radius 2 is 1.93 bits per heavy atom. The minimum absolute atomic E-state index is 0.0162. The molecule has 2 aliphatic carbocycles. The van der Waals surface area contributed by atoms with Crippen LogP contribution in [0.2, 0.25) is 5.02 Å². The first-order chi connectivity index (χ1) is 12.8. The number of carbonyl (C=O) groups is 3. The Morgan fingerprint density at radius 1 is 1.26 bits per heavy atom. The number of halogens is 1. The van der Waals surface area contributed by atoms with E-state index in [0.29, 0.717) is 12.8 Å². The number of fused-ring (bicyclic) bond motifs is 2. The van der Waals surface area contributed by atoms with Crippen LogP contribution in [0.25, 0.3) is 0 Å². The van der Waals surface area contributed by atoms with Crippen LogP contribution in [-0.4, -0.2) is 29.2 Å². The van der Waals surface area contributed by atoms with Gasteiger partial charge in [-0.15, -0.1) is 0 Å². The van der Waals surface area contributed by atoms with Crippen LogP contribution in [0.5, 0.6) is 0 Å². The average Bonchev–Trinajstić information content (AvgIpc) is 2.61. The molecule has 3 atom stereocenters. The van der Waals surface area contributed by atoms with Crippen molar-refractivity contribution in [3.63, 3.8) is 0 Å². The van der Waals surface area contributed by atoms with Crippen LogP contribution >= 0.6 is 11.6 Å². The molecule has 2 bridgehead atoms. The predicted molar refractivity (Wildman–Crippen MR) is 96.3 cm³/mol. The molecule has 0 saturated heterocycles. The number of anilines is 1. The summed E-state index contributed by atoms with van der Waals surface area (Å²) < 4.78 is 5.10. The molecule has 0 radical (unpaired) electrons. The fraction of sp³-hybridized carbons (Fsp3) is 0.500. The fourth-order valence-corrected chi connectivity index (χ4v) is 4.05. The first-order valence-corrected chi connectivity index (χ1v) is 9.17. The summed E-state index contributed by atoms with van der Waals surface area (Å²) >= 11 is 5.91. The Bertz CT molecular complexity index is 780. The van der Waals surface area contributed by atoms with Gasteiger partial charge in [0.1, 0.15) is 5.78 Å². The lowest BCUT2D eigenvalue weighted by Crippen LogP contribution is -2.40. The molecule has 2 aliphatic rings. The molecule has 0 aliphatic heterocycles. The van der Waals surface area contributed by atoms with E-state index in [0.717, 1.165) is 25.3 Å². The maximum atomic E-state index is 12.3. The molecule has 1 aromatic carbocycles. The van der Waals surface area contributed by atoms with E-state index < -0.39 is 23.4 Å². The highest BCUT2D eigenvalue weighted by Crippen LogP contribution is 2.40. The Kier molecular flexibility index (Phi) is 5.74. The van der Waals surface area contributed by atoms with E-state index >= 15 is 0 Å². The molecular weight excluding hydrogens is 376 g/mol. The normalized spacial score (nSPS) is 24.2. The number of nitrogens with zero attached hydrogens (tertiary/aromatic N) is 1. The second-order valence-electron chi connectivity index (χ2n) is 6.97. The number of ketones is 1. The van der Waals surface area contributed by atoms with Crippen molar-refractivity contribution in [2.45, 2.75) is 32.1 Å². The largest absolute Gasteiger partial charge is 0.455 e. The standard InChI is InChI=1S/C18H19ClN2O6/c19-14-8-13(21(25)26)4-5-15(14)20-16(22)9-27-18(24)12-6-10-2-1-3-11(7-12)17(10)23/h4-5,8,10-12H,1-3,6-7,9H2,(H,20,22)/t10-,11+,12?. The van der Waals surface area contributed by atoms with Gasteiger partial charge in [0.2, 0.25) is 0 Å². The Labute approximate surface area is 160 Å². The molecule has 0 aromatic heterocycles. The summed E-state index contributed by atoms with van der Waals surface area (Å²) in [6.45, 7) is -0.480. The highest BCUT2D eigenvalue weighted by molar-refractivity contribution is 6.34. The smallest absolute Gasteiger partial charge is 0.309 e. The molecule has 1 amide bonds. The van der Waals surface area contributed by atoms with Gasteiger partial charge in [-0.3, -0.25) is 24.5 Å². The second kappa shape index (κ2) is 8.04. The molecule has 2 saturated carbocycles. The average molecular weight is 395 g/mol. The quantitative estimate of drug-likeness (QED) is 0.466. The summed E-state index contributed by atoms with van der Waals surface area (Å²) in [5, 5.41) is 13.2.